The molecule has 0 aliphatic rings. The molecule has 0 aromatic heterocycles. The minimum absolute atomic E-state index is 0.389. The summed E-state index contributed by atoms with van der Waals surface area (Å²) in [7, 11) is 0. The molecule has 0 N–H and O–H groups in total. The van der Waals surface area contributed by atoms with Crippen molar-refractivity contribution in [1.82, 2.24) is 0 Å². The molecule has 0 unspecified atom stereocenters. The lowest BCUT2D eigenvalue weighted by Gasteiger charge is -1.61. The molecular formula is C2H3BrF. The van der Waals surface area contributed by atoms with Gasteiger partial charge in [-0.15, -0.1) is 0 Å². The summed E-state index contributed by atoms with van der Waals surface area (Å²) in [5.74, 6) is 0. The number of hydrogen-bond donors (Lipinski definition) is 0. The zero-order valence-corrected chi connectivity index (χ0v) is 3.63. The van der Waals surface area contributed by atoms with Crippen LogP contribution < -0.4 is 0 Å². The lowest BCUT2D eigenvalue weighted by atomic mass is 10.9. The van der Waals surface area contributed by atoms with Crippen LogP contribution in [0.3, 0.4) is 0 Å². The molecule has 0 nitrogen and oxygen atoms in total. The van der Waals surface area contributed by atoms with Gasteiger partial charge in [-0.25, -0.2) is 4.39 Å². The van der Waals surface area contributed by atoms with E-state index in [-0.39, 0.29) is 6.67 Å². The molecule has 1 radical (unpaired) electrons. The van der Waals surface area contributed by atoms with Crippen LogP contribution in [0.5, 0.6) is 0 Å². The van der Waals surface area contributed by atoms with Crippen molar-refractivity contribution in [2.75, 3.05) is 6.67 Å². The summed E-state index contributed by atoms with van der Waals surface area (Å²) in [6.45, 7) is -0.389. The molecule has 0 aromatic rings. The summed E-state index contributed by atoms with van der Waals surface area (Å²) in [4.78, 5) is 0. The van der Waals surface area contributed by atoms with E-state index in [9.17, 15) is 4.39 Å². The second-order valence-corrected chi connectivity index (χ2v) is 0.956. The van der Waals surface area contributed by atoms with Gasteiger partial charge in [-0.1, -0.05) is 15.9 Å². The van der Waals surface area contributed by atoms with Crippen LogP contribution in [0.15, 0.2) is 0 Å². The molecule has 0 atom stereocenters. The highest BCUT2D eigenvalue weighted by molar-refractivity contribution is 9.10. The van der Waals surface area contributed by atoms with Crippen molar-refractivity contribution in [1.29, 1.82) is 0 Å². The molecule has 0 fully saturated rings. The van der Waals surface area contributed by atoms with E-state index < -0.39 is 0 Å². The average molecular weight is 126 g/mol. The first kappa shape index (κ1) is 4.41. The van der Waals surface area contributed by atoms with Gasteiger partial charge in [0.2, 0.25) is 0 Å². The van der Waals surface area contributed by atoms with Crippen LogP contribution >= 0.6 is 15.9 Å². The molecule has 0 aromatic carbocycles. The highest BCUT2D eigenvalue weighted by atomic mass is 79.9. The quantitative estimate of drug-likeness (QED) is 0.499. The third-order valence-corrected chi connectivity index (χ3v) is 0.303. The molecule has 0 rings (SSSR count). The molecule has 0 heterocycles. The summed E-state index contributed by atoms with van der Waals surface area (Å²) >= 11 is 2.75. The smallest absolute Gasteiger partial charge is 0.103 e. The molecule has 2 heteroatoms. The number of halogens is 2. The largest absolute Gasteiger partial charge is 0.250 e. The van der Waals surface area contributed by atoms with Gasteiger partial charge in [-0.05, 0) is 0 Å². The maximum Gasteiger partial charge on any atom is 0.103 e. The lowest BCUT2D eigenvalue weighted by molar-refractivity contribution is 0.555. The molecule has 0 saturated carbocycles. The Balaban J connectivity index is 1.97. The van der Waals surface area contributed by atoms with Crippen molar-refractivity contribution in [2.45, 2.75) is 0 Å². The Kier molecular flexibility index (Phi) is 3.76. The predicted octanol–water partition coefficient (Wildman–Crippen LogP) is 1.51. The third kappa shape index (κ3) is 2.41. The fourth-order valence-electron chi connectivity index (χ4n) is 0. The third-order valence-electron chi connectivity index (χ3n) is 0.0583. The van der Waals surface area contributed by atoms with Gasteiger partial charge in [0, 0.05) is 0 Å². The topological polar surface area (TPSA) is 0 Å². The molecule has 0 saturated heterocycles. The molecule has 25 valence electrons. The number of hydrogen-bond acceptors (Lipinski definition) is 0. The lowest BCUT2D eigenvalue weighted by Crippen LogP contribution is -1.54. The van der Waals surface area contributed by atoms with E-state index in [4.69, 9.17) is 0 Å². The normalized spacial score (nSPS) is 7.50. The Hall–Kier alpha value is 0.410. The monoisotopic (exact) mass is 125 g/mol. The maximum absolute atomic E-state index is 10.6. The van der Waals surface area contributed by atoms with E-state index in [2.05, 4.69) is 15.9 Å². The van der Waals surface area contributed by atoms with Crippen LogP contribution in [0.25, 0.3) is 0 Å². The Morgan fingerprint density at radius 2 is 2.25 bits per heavy atom. The minimum Gasteiger partial charge on any atom is -0.250 e. The van der Waals surface area contributed by atoms with Crippen molar-refractivity contribution in [3.63, 3.8) is 0 Å². The Bertz CT molecular complexity index is 8.00. The molecular weight excluding hydrogens is 123 g/mol. The van der Waals surface area contributed by atoms with E-state index in [0.717, 1.165) is 0 Å². The zero-order valence-electron chi connectivity index (χ0n) is 2.04. The molecule has 0 bridgehead atoms. The van der Waals surface area contributed by atoms with Crippen molar-refractivity contribution < 1.29 is 4.39 Å². The summed E-state index contributed by atoms with van der Waals surface area (Å²) in [5, 5.41) is 1.27. The number of alkyl halides is 1. The average Bonchev–Trinajstić information content (AvgIpc) is 1.37. The first-order valence-electron chi connectivity index (χ1n) is 0.894. The summed E-state index contributed by atoms with van der Waals surface area (Å²) in [6, 6.07) is 0. The van der Waals surface area contributed by atoms with E-state index in [0.29, 0.717) is 0 Å². The van der Waals surface area contributed by atoms with Gasteiger partial charge in [-0.3, -0.25) is 0 Å². The molecule has 0 aliphatic carbocycles. The predicted molar refractivity (Wildman–Crippen MR) is 19.2 cm³/mol. The van der Waals surface area contributed by atoms with E-state index in [1.54, 1.807) is 0 Å². The fraction of sp³-hybridized carbons (Fsp3) is 0.500. The summed E-state index contributed by atoms with van der Waals surface area (Å²) in [6.07, 6.45) is 0. The van der Waals surface area contributed by atoms with Crippen molar-refractivity contribution in [2.24, 2.45) is 0 Å². The zero-order chi connectivity index (χ0) is 3.41. The highest BCUT2D eigenvalue weighted by Gasteiger charge is 1.64. The fourth-order valence-corrected chi connectivity index (χ4v) is 0. The van der Waals surface area contributed by atoms with Gasteiger partial charge in [-0.2, -0.15) is 0 Å². The van der Waals surface area contributed by atoms with Gasteiger partial charge < -0.3 is 0 Å². The van der Waals surface area contributed by atoms with Gasteiger partial charge in [0.05, 0.1) is 5.33 Å². The second kappa shape index (κ2) is 3.41. The summed E-state index contributed by atoms with van der Waals surface area (Å²) < 4.78 is 10.6. The van der Waals surface area contributed by atoms with Gasteiger partial charge >= 0.3 is 0 Å². The Morgan fingerprint density at radius 3 is 2.25 bits per heavy atom. The maximum atomic E-state index is 10.6. The van der Waals surface area contributed by atoms with Crippen LogP contribution in [0.1, 0.15) is 0 Å². The standard InChI is InChI=1S/C2H3BrF/c3-1-2-4/h1H,2H2. The first-order chi connectivity index (χ1) is 1.91. The van der Waals surface area contributed by atoms with Crippen LogP contribution in [0, 0.1) is 5.33 Å². The Labute approximate surface area is 33.1 Å². The minimum atomic E-state index is -0.389. The van der Waals surface area contributed by atoms with E-state index in [1.807, 2.05) is 0 Å². The van der Waals surface area contributed by atoms with Crippen LogP contribution in [-0.2, 0) is 0 Å². The second-order valence-electron chi connectivity index (χ2n) is 0.309. The molecule has 0 aliphatic heterocycles. The molecule has 0 amide bonds. The van der Waals surface area contributed by atoms with Crippen LogP contribution in [-0.4, -0.2) is 6.67 Å². The molecule has 4 heavy (non-hydrogen) atoms. The van der Waals surface area contributed by atoms with Crippen molar-refractivity contribution in [3.05, 3.63) is 5.33 Å². The van der Waals surface area contributed by atoms with Gasteiger partial charge in [0.25, 0.3) is 0 Å². The van der Waals surface area contributed by atoms with Gasteiger partial charge in [0.1, 0.15) is 6.67 Å². The Morgan fingerprint density at radius 1 is 2.00 bits per heavy atom. The molecule has 0 spiro atoms. The highest BCUT2D eigenvalue weighted by Crippen LogP contribution is 1.84. The van der Waals surface area contributed by atoms with Crippen LogP contribution in [0.2, 0.25) is 0 Å². The first-order valence-corrected chi connectivity index (χ1v) is 1.81. The SMILES string of the molecule is FC[CH]Br. The van der Waals surface area contributed by atoms with Crippen LogP contribution in [0.4, 0.5) is 4.39 Å². The van der Waals surface area contributed by atoms with E-state index >= 15 is 0 Å². The van der Waals surface area contributed by atoms with Crippen molar-refractivity contribution in [3.8, 4) is 0 Å². The number of rotatable bonds is 1. The van der Waals surface area contributed by atoms with Crippen molar-refractivity contribution >= 4 is 15.9 Å². The van der Waals surface area contributed by atoms with E-state index in [1.165, 1.54) is 5.33 Å². The summed E-state index contributed by atoms with van der Waals surface area (Å²) in [5.41, 5.74) is 0. The van der Waals surface area contributed by atoms with Gasteiger partial charge in [0.15, 0.2) is 0 Å².